The van der Waals surface area contributed by atoms with Crippen LogP contribution in [0.15, 0.2) is 53.9 Å². The number of aliphatic hydroxyl groups excluding tert-OH is 1. The molecular formula is C13H13NO2. The Hall–Kier alpha value is -2.03. The first-order valence-corrected chi connectivity index (χ1v) is 5.11. The van der Waals surface area contributed by atoms with Crippen LogP contribution in [0.1, 0.15) is 12.0 Å². The predicted octanol–water partition coefficient (Wildman–Crippen LogP) is 2.07. The maximum atomic E-state index is 11.3. The normalized spacial score (nSPS) is 15.8. The van der Waals surface area contributed by atoms with Gasteiger partial charge in [-0.25, -0.2) is 0 Å². The number of carbonyl (C=O) groups is 1. The minimum Gasteiger partial charge on any atom is -0.503 e. The van der Waals surface area contributed by atoms with Gasteiger partial charge in [0.1, 0.15) is 0 Å². The lowest BCUT2D eigenvalue weighted by Crippen LogP contribution is -2.13. The van der Waals surface area contributed by atoms with Crippen molar-refractivity contribution in [3.05, 3.63) is 59.5 Å². The van der Waals surface area contributed by atoms with Gasteiger partial charge in [-0.3, -0.25) is 4.79 Å². The third-order valence-corrected chi connectivity index (χ3v) is 2.56. The Morgan fingerprint density at radius 1 is 1.31 bits per heavy atom. The van der Waals surface area contributed by atoms with Gasteiger partial charge in [0.2, 0.25) is 5.78 Å². The Balaban J connectivity index is 2.02. The summed E-state index contributed by atoms with van der Waals surface area (Å²) in [5, 5.41) is 12.6. The minimum atomic E-state index is -0.351. The van der Waals surface area contributed by atoms with Crippen LogP contribution in [0.4, 0.5) is 0 Å². The lowest BCUT2D eigenvalue weighted by Gasteiger charge is -2.06. The average Bonchev–Trinajstić information content (AvgIpc) is 2.56. The van der Waals surface area contributed by atoms with Crippen molar-refractivity contribution in [1.82, 2.24) is 5.32 Å². The molecule has 82 valence electrons. The van der Waals surface area contributed by atoms with E-state index in [0.717, 1.165) is 5.56 Å². The number of allylic oxidation sites excluding steroid dienone is 2. The molecule has 0 saturated carbocycles. The van der Waals surface area contributed by atoms with Crippen LogP contribution < -0.4 is 5.32 Å². The lowest BCUT2D eigenvalue weighted by molar-refractivity contribution is -0.114. The second-order valence-electron chi connectivity index (χ2n) is 3.78. The molecule has 1 aromatic rings. The van der Waals surface area contributed by atoms with Gasteiger partial charge in [0.25, 0.3) is 0 Å². The fourth-order valence-electron chi connectivity index (χ4n) is 1.63. The van der Waals surface area contributed by atoms with Crippen molar-refractivity contribution in [2.75, 3.05) is 0 Å². The van der Waals surface area contributed by atoms with Crippen molar-refractivity contribution in [1.29, 1.82) is 0 Å². The van der Waals surface area contributed by atoms with Crippen LogP contribution in [-0.2, 0) is 11.3 Å². The van der Waals surface area contributed by atoms with Gasteiger partial charge in [-0.1, -0.05) is 36.9 Å². The zero-order valence-electron chi connectivity index (χ0n) is 8.86. The summed E-state index contributed by atoms with van der Waals surface area (Å²) in [6.07, 6.45) is 0.414. The molecule has 0 atom stereocenters. The highest BCUT2D eigenvalue weighted by atomic mass is 16.3. The molecule has 3 nitrogen and oxygen atoms in total. The van der Waals surface area contributed by atoms with Crippen molar-refractivity contribution >= 4 is 5.78 Å². The molecule has 0 aromatic heterocycles. The molecule has 0 unspecified atom stereocenters. The molecule has 0 amide bonds. The number of hydrogen-bond acceptors (Lipinski definition) is 3. The highest BCUT2D eigenvalue weighted by Gasteiger charge is 2.25. The van der Waals surface area contributed by atoms with Gasteiger partial charge in [0.05, 0.1) is 5.70 Å². The van der Waals surface area contributed by atoms with Crippen LogP contribution in [0.5, 0.6) is 0 Å². The number of ketones is 1. The molecule has 1 aromatic carbocycles. The summed E-state index contributed by atoms with van der Waals surface area (Å²) in [6.45, 7) is 4.20. The van der Waals surface area contributed by atoms with Crippen molar-refractivity contribution in [2.24, 2.45) is 0 Å². The Labute approximate surface area is 94.1 Å². The number of aliphatic hydroxyl groups is 1. The fourth-order valence-corrected chi connectivity index (χ4v) is 1.63. The van der Waals surface area contributed by atoms with E-state index in [-0.39, 0.29) is 11.5 Å². The topological polar surface area (TPSA) is 49.3 Å². The first-order valence-electron chi connectivity index (χ1n) is 5.11. The summed E-state index contributed by atoms with van der Waals surface area (Å²) in [6, 6.07) is 9.81. The summed E-state index contributed by atoms with van der Waals surface area (Å²) < 4.78 is 0. The van der Waals surface area contributed by atoms with E-state index >= 15 is 0 Å². The Kier molecular flexibility index (Phi) is 2.77. The average molecular weight is 215 g/mol. The summed E-state index contributed by atoms with van der Waals surface area (Å²) in [5.41, 5.74) is 2.11. The molecule has 0 radical (unpaired) electrons. The van der Waals surface area contributed by atoms with E-state index in [2.05, 4.69) is 11.9 Å². The Morgan fingerprint density at radius 2 is 2.00 bits per heavy atom. The van der Waals surface area contributed by atoms with Gasteiger partial charge in [-0.15, -0.1) is 0 Å². The van der Waals surface area contributed by atoms with Gasteiger partial charge < -0.3 is 10.4 Å². The monoisotopic (exact) mass is 215 g/mol. The molecule has 1 aliphatic rings. The summed E-state index contributed by atoms with van der Waals surface area (Å²) >= 11 is 0. The number of Topliss-reactive ketones (excluding diaryl/α,β-unsaturated/α-hetero) is 1. The number of benzene rings is 1. The van der Waals surface area contributed by atoms with E-state index in [1.54, 1.807) is 0 Å². The molecule has 0 bridgehead atoms. The van der Waals surface area contributed by atoms with Crippen LogP contribution in [-0.4, -0.2) is 10.9 Å². The van der Waals surface area contributed by atoms with Crippen molar-refractivity contribution in [2.45, 2.75) is 13.0 Å². The van der Waals surface area contributed by atoms with E-state index in [0.29, 0.717) is 24.2 Å². The largest absolute Gasteiger partial charge is 0.503 e. The Morgan fingerprint density at radius 3 is 2.56 bits per heavy atom. The van der Waals surface area contributed by atoms with Gasteiger partial charge in [-0.05, 0) is 5.56 Å². The van der Waals surface area contributed by atoms with Crippen molar-refractivity contribution < 1.29 is 9.90 Å². The van der Waals surface area contributed by atoms with Gasteiger partial charge in [0, 0.05) is 18.5 Å². The molecule has 2 N–H and O–H groups in total. The zero-order valence-corrected chi connectivity index (χ0v) is 8.86. The summed E-state index contributed by atoms with van der Waals surface area (Å²) in [5.74, 6) is -0.545. The fraction of sp³-hybridized carbons (Fsp3) is 0.154. The molecule has 3 heteroatoms. The first kappa shape index (κ1) is 10.5. The minimum absolute atomic E-state index is 0.194. The van der Waals surface area contributed by atoms with Gasteiger partial charge in [-0.2, -0.15) is 0 Å². The predicted molar refractivity (Wildman–Crippen MR) is 61.7 cm³/mol. The highest BCUT2D eigenvalue weighted by molar-refractivity contribution is 6.09. The maximum absolute atomic E-state index is 11.3. The van der Waals surface area contributed by atoms with Gasteiger partial charge in [0.15, 0.2) is 5.76 Å². The number of rotatable bonds is 3. The van der Waals surface area contributed by atoms with E-state index < -0.39 is 0 Å². The van der Waals surface area contributed by atoms with E-state index in [4.69, 9.17) is 0 Å². The number of carbonyl (C=O) groups excluding carboxylic acids is 1. The summed E-state index contributed by atoms with van der Waals surface area (Å²) in [4.78, 5) is 11.3. The van der Waals surface area contributed by atoms with Crippen LogP contribution >= 0.6 is 0 Å². The standard InChI is InChI=1S/C13H13NO2/c1-9-7-11(13(16)12(9)15)14-8-10-5-3-2-4-6-10/h2-6,14,16H,1,7-8H2. The third kappa shape index (κ3) is 1.98. The van der Waals surface area contributed by atoms with E-state index in [1.807, 2.05) is 30.3 Å². The smallest absolute Gasteiger partial charge is 0.224 e. The number of hydrogen-bond donors (Lipinski definition) is 2. The second kappa shape index (κ2) is 4.23. The molecule has 0 saturated heterocycles. The van der Waals surface area contributed by atoms with Crippen LogP contribution in [0.2, 0.25) is 0 Å². The molecule has 1 aliphatic carbocycles. The van der Waals surface area contributed by atoms with Crippen LogP contribution in [0, 0.1) is 0 Å². The molecule has 0 heterocycles. The molecule has 0 aliphatic heterocycles. The first-order chi connectivity index (χ1) is 7.68. The van der Waals surface area contributed by atoms with Crippen molar-refractivity contribution in [3.63, 3.8) is 0 Å². The van der Waals surface area contributed by atoms with E-state index in [9.17, 15) is 9.90 Å². The third-order valence-electron chi connectivity index (χ3n) is 2.56. The van der Waals surface area contributed by atoms with E-state index in [1.165, 1.54) is 0 Å². The Bertz CT molecular complexity index is 460. The molecule has 16 heavy (non-hydrogen) atoms. The zero-order chi connectivity index (χ0) is 11.5. The summed E-state index contributed by atoms with van der Waals surface area (Å²) in [7, 11) is 0. The molecule has 2 rings (SSSR count). The SMILES string of the molecule is C=C1CC(NCc2ccccc2)=C(O)C1=O. The van der Waals surface area contributed by atoms with Crippen molar-refractivity contribution in [3.8, 4) is 0 Å². The lowest BCUT2D eigenvalue weighted by atomic mass is 10.2. The molecular weight excluding hydrogens is 202 g/mol. The van der Waals surface area contributed by atoms with Crippen LogP contribution in [0.3, 0.4) is 0 Å². The number of nitrogens with one attached hydrogen (secondary N) is 1. The molecule has 0 fully saturated rings. The quantitative estimate of drug-likeness (QED) is 0.759. The molecule has 0 spiro atoms. The van der Waals surface area contributed by atoms with Crippen LogP contribution in [0.25, 0.3) is 0 Å². The van der Waals surface area contributed by atoms with Gasteiger partial charge >= 0.3 is 0 Å². The maximum Gasteiger partial charge on any atom is 0.224 e. The highest BCUT2D eigenvalue weighted by Crippen LogP contribution is 2.22. The second-order valence-corrected chi connectivity index (χ2v) is 3.78.